The lowest BCUT2D eigenvalue weighted by Gasteiger charge is -2.22. The van der Waals surface area contributed by atoms with Crippen LogP contribution in [0.2, 0.25) is 0 Å². The number of halogens is 1. The fourth-order valence-corrected chi connectivity index (χ4v) is 4.64. The van der Waals surface area contributed by atoms with Crippen molar-refractivity contribution in [3.63, 3.8) is 0 Å². The van der Waals surface area contributed by atoms with E-state index in [2.05, 4.69) is 58.2 Å². The SMILES string of the molecule is CCNC(C)c1ccc(N2CC3CCCC3C2)cc1Br. The van der Waals surface area contributed by atoms with E-state index < -0.39 is 0 Å². The second-order valence-corrected chi connectivity index (χ2v) is 7.20. The monoisotopic (exact) mass is 336 g/mol. The van der Waals surface area contributed by atoms with Crippen LogP contribution in [0.25, 0.3) is 0 Å². The number of hydrogen-bond acceptors (Lipinski definition) is 2. The zero-order valence-corrected chi connectivity index (χ0v) is 14.1. The van der Waals surface area contributed by atoms with Gasteiger partial charge in [-0.25, -0.2) is 0 Å². The zero-order chi connectivity index (χ0) is 14.1. The highest BCUT2D eigenvalue weighted by Gasteiger charge is 2.36. The van der Waals surface area contributed by atoms with E-state index in [9.17, 15) is 0 Å². The molecule has 1 saturated carbocycles. The molecule has 1 aromatic rings. The van der Waals surface area contributed by atoms with Gasteiger partial charge in [0.25, 0.3) is 0 Å². The summed E-state index contributed by atoms with van der Waals surface area (Å²) in [6.07, 6.45) is 4.34. The molecule has 3 unspecified atom stereocenters. The van der Waals surface area contributed by atoms with Crippen LogP contribution >= 0.6 is 15.9 Å². The molecule has 1 N–H and O–H groups in total. The van der Waals surface area contributed by atoms with Gasteiger partial charge in [-0.05, 0) is 55.8 Å². The normalized spacial score (nSPS) is 26.9. The minimum Gasteiger partial charge on any atom is -0.371 e. The van der Waals surface area contributed by atoms with E-state index in [1.165, 1.54) is 48.1 Å². The Balaban J connectivity index is 1.74. The molecule has 0 amide bonds. The summed E-state index contributed by atoms with van der Waals surface area (Å²) in [5.41, 5.74) is 2.74. The molecule has 3 heteroatoms. The molecule has 3 atom stereocenters. The van der Waals surface area contributed by atoms with Gasteiger partial charge in [0.05, 0.1) is 0 Å². The Kier molecular flexibility index (Phi) is 4.37. The first-order chi connectivity index (χ1) is 9.69. The quantitative estimate of drug-likeness (QED) is 0.878. The van der Waals surface area contributed by atoms with Crippen molar-refractivity contribution in [1.29, 1.82) is 0 Å². The molecule has 2 aliphatic rings. The summed E-state index contributed by atoms with van der Waals surface area (Å²) in [6, 6.07) is 7.29. The van der Waals surface area contributed by atoms with Crippen molar-refractivity contribution in [2.24, 2.45) is 11.8 Å². The number of fused-ring (bicyclic) bond motifs is 1. The molecular weight excluding hydrogens is 312 g/mol. The van der Waals surface area contributed by atoms with Crippen molar-refractivity contribution in [3.8, 4) is 0 Å². The molecule has 2 nitrogen and oxygen atoms in total. The number of benzene rings is 1. The summed E-state index contributed by atoms with van der Waals surface area (Å²) in [5.74, 6) is 1.91. The number of nitrogens with one attached hydrogen (secondary N) is 1. The van der Waals surface area contributed by atoms with Crippen molar-refractivity contribution < 1.29 is 0 Å². The maximum absolute atomic E-state index is 3.76. The summed E-state index contributed by atoms with van der Waals surface area (Å²) in [5, 5.41) is 3.48. The second kappa shape index (κ2) is 6.07. The van der Waals surface area contributed by atoms with E-state index in [-0.39, 0.29) is 0 Å². The van der Waals surface area contributed by atoms with Crippen LogP contribution < -0.4 is 10.2 Å². The molecule has 20 heavy (non-hydrogen) atoms. The van der Waals surface area contributed by atoms with Gasteiger partial charge < -0.3 is 10.2 Å². The lowest BCUT2D eigenvalue weighted by atomic mass is 10.0. The predicted molar refractivity (Wildman–Crippen MR) is 89.3 cm³/mol. The fraction of sp³-hybridized carbons (Fsp3) is 0.647. The van der Waals surface area contributed by atoms with Gasteiger partial charge in [-0.2, -0.15) is 0 Å². The van der Waals surface area contributed by atoms with Crippen molar-refractivity contribution in [2.75, 3.05) is 24.5 Å². The molecule has 1 heterocycles. The molecule has 0 bridgehead atoms. The van der Waals surface area contributed by atoms with E-state index in [0.717, 1.165) is 18.4 Å². The van der Waals surface area contributed by atoms with Crippen molar-refractivity contribution in [2.45, 2.75) is 39.2 Å². The highest BCUT2D eigenvalue weighted by molar-refractivity contribution is 9.10. The first-order valence-electron chi connectivity index (χ1n) is 7.96. The number of anilines is 1. The standard InChI is InChI=1S/C17H25BrN2/c1-3-19-12(2)16-8-7-15(9-17(16)18)20-10-13-5-4-6-14(13)11-20/h7-9,12-14,19H,3-6,10-11H2,1-2H3. The fourth-order valence-electron chi connectivity index (χ4n) is 3.93. The highest BCUT2D eigenvalue weighted by Crippen LogP contribution is 2.40. The molecule has 1 saturated heterocycles. The van der Waals surface area contributed by atoms with E-state index in [1.807, 2.05) is 0 Å². The van der Waals surface area contributed by atoms with Crippen LogP contribution in [0.5, 0.6) is 0 Å². The molecule has 0 aromatic heterocycles. The van der Waals surface area contributed by atoms with E-state index >= 15 is 0 Å². The molecular formula is C17H25BrN2. The van der Waals surface area contributed by atoms with Gasteiger partial charge >= 0.3 is 0 Å². The maximum Gasteiger partial charge on any atom is 0.0377 e. The first kappa shape index (κ1) is 14.4. The molecule has 2 fully saturated rings. The van der Waals surface area contributed by atoms with Crippen LogP contribution in [-0.2, 0) is 0 Å². The third-order valence-electron chi connectivity index (χ3n) is 5.05. The Bertz CT molecular complexity index is 462. The minimum atomic E-state index is 0.404. The van der Waals surface area contributed by atoms with E-state index in [0.29, 0.717) is 6.04 Å². The first-order valence-corrected chi connectivity index (χ1v) is 8.76. The minimum absolute atomic E-state index is 0.404. The average Bonchev–Trinajstić information content (AvgIpc) is 2.99. The molecule has 3 rings (SSSR count). The number of hydrogen-bond donors (Lipinski definition) is 1. The van der Waals surface area contributed by atoms with Crippen LogP contribution in [0.3, 0.4) is 0 Å². The third-order valence-corrected chi connectivity index (χ3v) is 5.74. The van der Waals surface area contributed by atoms with Crippen LogP contribution in [0.15, 0.2) is 22.7 Å². The van der Waals surface area contributed by atoms with Gasteiger partial charge in [0, 0.05) is 29.3 Å². The topological polar surface area (TPSA) is 15.3 Å². The lowest BCUT2D eigenvalue weighted by molar-refractivity contribution is 0.494. The highest BCUT2D eigenvalue weighted by atomic mass is 79.9. The Labute approximate surface area is 131 Å². The largest absolute Gasteiger partial charge is 0.371 e. The number of rotatable bonds is 4. The van der Waals surface area contributed by atoms with E-state index in [4.69, 9.17) is 0 Å². The van der Waals surface area contributed by atoms with Crippen molar-refractivity contribution in [1.82, 2.24) is 5.32 Å². The average molecular weight is 337 g/mol. The molecule has 0 radical (unpaired) electrons. The molecule has 0 spiro atoms. The number of nitrogens with zero attached hydrogens (tertiary/aromatic N) is 1. The zero-order valence-electron chi connectivity index (χ0n) is 12.5. The Morgan fingerprint density at radius 2 is 2.00 bits per heavy atom. The van der Waals surface area contributed by atoms with Gasteiger partial charge in [-0.1, -0.05) is 35.3 Å². The third kappa shape index (κ3) is 2.75. The van der Waals surface area contributed by atoms with Gasteiger partial charge in [0.1, 0.15) is 0 Å². The van der Waals surface area contributed by atoms with Gasteiger partial charge in [0.2, 0.25) is 0 Å². The van der Waals surface area contributed by atoms with Crippen LogP contribution in [0.1, 0.15) is 44.7 Å². The van der Waals surface area contributed by atoms with Gasteiger partial charge in [-0.3, -0.25) is 0 Å². The Morgan fingerprint density at radius 1 is 1.30 bits per heavy atom. The van der Waals surface area contributed by atoms with Crippen molar-refractivity contribution >= 4 is 21.6 Å². The molecule has 1 aromatic carbocycles. The van der Waals surface area contributed by atoms with Crippen molar-refractivity contribution in [3.05, 3.63) is 28.2 Å². The smallest absolute Gasteiger partial charge is 0.0377 e. The maximum atomic E-state index is 3.76. The van der Waals surface area contributed by atoms with Crippen LogP contribution in [0.4, 0.5) is 5.69 Å². The molecule has 110 valence electrons. The van der Waals surface area contributed by atoms with Crippen LogP contribution in [-0.4, -0.2) is 19.6 Å². The summed E-state index contributed by atoms with van der Waals surface area (Å²) < 4.78 is 1.24. The lowest BCUT2D eigenvalue weighted by Crippen LogP contribution is -2.21. The Hall–Kier alpha value is -0.540. The van der Waals surface area contributed by atoms with Crippen LogP contribution in [0, 0.1) is 11.8 Å². The summed E-state index contributed by atoms with van der Waals surface area (Å²) in [4.78, 5) is 2.58. The summed E-state index contributed by atoms with van der Waals surface area (Å²) in [7, 11) is 0. The summed E-state index contributed by atoms with van der Waals surface area (Å²) in [6.45, 7) is 7.91. The van der Waals surface area contributed by atoms with E-state index in [1.54, 1.807) is 0 Å². The predicted octanol–water partition coefficient (Wildman–Crippen LogP) is 4.36. The molecule has 1 aliphatic heterocycles. The summed E-state index contributed by atoms with van der Waals surface area (Å²) >= 11 is 3.76. The molecule has 1 aliphatic carbocycles. The van der Waals surface area contributed by atoms with Gasteiger partial charge in [-0.15, -0.1) is 0 Å². The van der Waals surface area contributed by atoms with Gasteiger partial charge in [0.15, 0.2) is 0 Å². The Morgan fingerprint density at radius 3 is 2.60 bits per heavy atom. The second-order valence-electron chi connectivity index (χ2n) is 6.34.